The second-order valence-corrected chi connectivity index (χ2v) is 5.64. The Kier molecular flexibility index (Phi) is 4.62. The molecule has 0 saturated carbocycles. The molecule has 1 aliphatic heterocycles. The molecule has 5 nitrogen and oxygen atoms in total. The molecule has 0 aliphatic carbocycles. The summed E-state index contributed by atoms with van der Waals surface area (Å²) in [5, 5.41) is 0. The minimum atomic E-state index is 0.956. The standard InChI is InChI=1S/C16H23N5/c1-19-9-7-18-16(19)14-21-12-10-20(11-13-21)8-5-15-4-2-3-6-17-15/h2-4,6-7,9H,5,8,10-14H2,1H3. The fourth-order valence-corrected chi connectivity index (χ4v) is 2.74. The summed E-state index contributed by atoms with van der Waals surface area (Å²) in [5.41, 5.74) is 1.19. The van der Waals surface area contributed by atoms with Gasteiger partial charge in [-0.05, 0) is 12.1 Å². The highest BCUT2D eigenvalue weighted by atomic mass is 15.3. The molecule has 0 spiro atoms. The number of hydrogen-bond donors (Lipinski definition) is 0. The average molecular weight is 285 g/mol. The van der Waals surface area contributed by atoms with Crippen LogP contribution in [0.5, 0.6) is 0 Å². The Morgan fingerprint density at radius 1 is 1.00 bits per heavy atom. The summed E-state index contributed by atoms with van der Waals surface area (Å²) in [5.74, 6) is 1.15. The second kappa shape index (κ2) is 6.83. The molecule has 2 aromatic rings. The maximum atomic E-state index is 4.40. The fourth-order valence-electron chi connectivity index (χ4n) is 2.74. The van der Waals surface area contributed by atoms with Crippen LogP contribution in [-0.4, -0.2) is 57.1 Å². The molecule has 21 heavy (non-hydrogen) atoms. The van der Waals surface area contributed by atoms with E-state index in [2.05, 4.69) is 43.5 Å². The van der Waals surface area contributed by atoms with E-state index in [0.29, 0.717) is 0 Å². The number of rotatable bonds is 5. The van der Waals surface area contributed by atoms with Gasteiger partial charge < -0.3 is 9.47 Å². The summed E-state index contributed by atoms with van der Waals surface area (Å²) < 4.78 is 2.10. The number of pyridine rings is 1. The molecule has 2 aromatic heterocycles. The number of aromatic nitrogens is 3. The van der Waals surface area contributed by atoms with Gasteiger partial charge in [0.1, 0.15) is 5.82 Å². The van der Waals surface area contributed by atoms with Gasteiger partial charge in [-0.2, -0.15) is 0 Å². The van der Waals surface area contributed by atoms with Gasteiger partial charge in [0.05, 0.1) is 6.54 Å². The molecule has 3 heterocycles. The average Bonchev–Trinajstić information content (AvgIpc) is 2.93. The molecule has 0 unspecified atom stereocenters. The van der Waals surface area contributed by atoms with Crippen LogP contribution in [0.25, 0.3) is 0 Å². The van der Waals surface area contributed by atoms with Crippen molar-refractivity contribution in [2.75, 3.05) is 32.7 Å². The van der Waals surface area contributed by atoms with Crippen LogP contribution < -0.4 is 0 Å². The second-order valence-electron chi connectivity index (χ2n) is 5.64. The van der Waals surface area contributed by atoms with E-state index in [1.165, 1.54) is 5.69 Å². The molecule has 5 heteroatoms. The lowest BCUT2D eigenvalue weighted by Crippen LogP contribution is -2.46. The Labute approximate surface area is 126 Å². The summed E-state index contributed by atoms with van der Waals surface area (Å²) in [6.45, 7) is 6.57. The molecule has 0 amide bonds. The predicted octanol–water partition coefficient (Wildman–Crippen LogP) is 1.18. The Bertz CT molecular complexity index is 543. The van der Waals surface area contributed by atoms with Gasteiger partial charge >= 0.3 is 0 Å². The van der Waals surface area contributed by atoms with Crippen molar-refractivity contribution in [3.8, 4) is 0 Å². The van der Waals surface area contributed by atoms with Gasteiger partial charge in [-0.3, -0.25) is 9.88 Å². The Morgan fingerprint density at radius 2 is 1.81 bits per heavy atom. The van der Waals surface area contributed by atoms with Gasteiger partial charge in [-0.25, -0.2) is 4.98 Å². The highest BCUT2D eigenvalue weighted by Gasteiger charge is 2.17. The van der Waals surface area contributed by atoms with Crippen LogP contribution in [0, 0.1) is 0 Å². The van der Waals surface area contributed by atoms with Crippen molar-refractivity contribution in [3.05, 3.63) is 48.3 Å². The molecule has 0 N–H and O–H groups in total. The van der Waals surface area contributed by atoms with Gasteiger partial charge in [-0.15, -0.1) is 0 Å². The van der Waals surface area contributed by atoms with Crippen LogP contribution in [-0.2, 0) is 20.0 Å². The van der Waals surface area contributed by atoms with Crippen LogP contribution in [0.1, 0.15) is 11.5 Å². The van der Waals surface area contributed by atoms with Crippen LogP contribution >= 0.6 is 0 Å². The number of nitrogens with zero attached hydrogens (tertiary/aromatic N) is 5. The first kappa shape index (κ1) is 14.2. The molecule has 3 rings (SSSR count). The third-order valence-electron chi connectivity index (χ3n) is 4.16. The highest BCUT2D eigenvalue weighted by Crippen LogP contribution is 2.07. The Morgan fingerprint density at radius 3 is 2.48 bits per heavy atom. The molecule has 112 valence electrons. The molecular formula is C16H23N5. The van der Waals surface area contributed by atoms with E-state index in [9.17, 15) is 0 Å². The van der Waals surface area contributed by atoms with Crippen molar-refractivity contribution in [1.82, 2.24) is 24.3 Å². The minimum Gasteiger partial charge on any atom is -0.337 e. The monoisotopic (exact) mass is 285 g/mol. The molecule has 1 fully saturated rings. The first-order valence-corrected chi connectivity index (χ1v) is 7.62. The maximum Gasteiger partial charge on any atom is 0.122 e. The highest BCUT2D eigenvalue weighted by molar-refractivity contribution is 5.03. The lowest BCUT2D eigenvalue weighted by atomic mass is 10.2. The Hall–Kier alpha value is -1.72. The molecule has 0 aromatic carbocycles. The zero-order chi connectivity index (χ0) is 14.5. The van der Waals surface area contributed by atoms with E-state index < -0.39 is 0 Å². The van der Waals surface area contributed by atoms with E-state index in [-0.39, 0.29) is 0 Å². The van der Waals surface area contributed by atoms with E-state index in [4.69, 9.17) is 0 Å². The van der Waals surface area contributed by atoms with E-state index in [1.807, 2.05) is 24.7 Å². The normalized spacial score (nSPS) is 17.2. The quantitative estimate of drug-likeness (QED) is 0.826. The van der Waals surface area contributed by atoms with Crippen molar-refractivity contribution in [1.29, 1.82) is 0 Å². The molecule has 0 bridgehead atoms. The van der Waals surface area contributed by atoms with Crippen molar-refractivity contribution < 1.29 is 0 Å². The van der Waals surface area contributed by atoms with E-state index in [0.717, 1.165) is 51.5 Å². The van der Waals surface area contributed by atoms with E-state index >= 15 is 0 Å². The van der Waals surface area contributed by atoms with E-state index in [1.54, 1.807) is 0 Å². The SMILES string of the molecule is Cn1ccnc1CN1CCN(CCc2ccccn2)CC1. The predicted molar refractivity (Wildman–Crippen MR) is 82.9 cm³/mol. The van der Waals surface area contributed by atoms with Crippen molar-refractivity contribution in [3.63, 3.8) is 0 Å². The molecule has 1 saturated heterocycles. The first-order chi connectivity index (χ1) is 10.3. The van der Waals surface area contributed by atoms with Gasteiger partial charge in [-0.1, -0.05) is 6.07 Å². The fraction of sp³-hybridized carbons (Fsp3) is 0.500. The van der Waals surface area contributed by atoms with Crippen LogP contribution in [0.2, 0.25) is 0 Å². The van der Waals surface area contributed by atoms with Crippen molar-refractivity contribution in [2.24, 2.45) is 7.05 Å². The molecule has 1 aliphatic rings. The number of piperazine rings is 1. The molecular weight excluding hydrogens is 262 g/mol. The molecule has 0 atom stereocenters. The smallest absolute Gasteiger partial charge is 0.122 e. The van der Waals surface area contributed by atoms with Crippen molar-refractivity contribution in [2.45, 2.75) is 13.0 Å². The summed E-state index contributed by atoms with van der Waals surface area (Å²) >= 11 is 0. The first-order valence-electron chi connectivity index (χ1n) is 7.62. The van der Waals surface area contributed by atoms with Gasteiger partial charge in [0.25, 0.3) is 0 Å². The number of hydrogen-bond acceptors (Lipinski definition) is 4. The third kappa shape index (κ3) is 3.89. The van der Waals surface area contributed by atoms with Gasteiger partial charge in [0, 0.05) is 70.5 Å². The largest absolute Gasteiger partial charge is 0.337 e. The topological polar surface area (TPSA) is 37.2 Å². The minimum absolute atomic E-state index is 0.956. The maximum absolute atomic E-state index is 4.40. The summed E-state index contributed by atoms with van der Waals surface area (Å²) in [6.07, 6.45) is 6.80. The molecule has 0 radical (unpaired) electrons. The lowest BCUT2D eigenvalue weighted by molar-refractivity contribution is 0.125. The van der Waals surface area contributed by atoms with Crippen LogP contribution in [0.3, 0.4) is 0 Å². The summed E-state index contributed by atoms with van der Waals surface area (Å²) in [7, 11) is 2.06. The van der Waals surface area contributed by atoms with Crippen LogP contribution in [0.15, 0.2) is 36.8 Å². The summed E-state index contributed by atoms with van der Waals surface area (Å²) in [4.78, 5) is 13.8. The third-order valence-corrected chi connectivity index (χ3v) is 4.16. The van der Waals surface area contributed by atoms with Crippen LogP contribution in [0.4, 0.5) is 0 Å². The summed E-state index contributed by atoms with van der Waals surface area (Å²) in [6, 6.07) is 6.14. The van der Waals surface area contributed by atoms with Gasteiger partial charge in [0.15, 0.2) is 0 Å². The van der Waals surface area contributed by atoms with Crippen molar-refractivity contribution >= 4 is 0 Å². The lowest BCUT2D eigenvalue weighted by Gasteiger charge is -2.34. The number of imidazole rings is 1. The zero-order valence-electron chi connectivity index (χ0n) is 12.6. The zero-order valence-corrected chi connectivity index (χ0v) is 12.6. The van der Waals surface area contributed by atoms with Gasteiger partial charge in [0.2, 0.25) is 0 Å². The Balaban J connectivity index is 1.42. The number of aryl methyl sites for hydroxylation is 1.